The van der Waals surface area contributed by atoms with E-state index in [0.717, 1.165) is 23.4 Å². The molecule has 7 heteroatoms. The number of rotatable bonds is 3. The Bertz CT molecular complexity index is 1200. The third-order valence-electron chi connectivity index (χ3n) is 6.37. The molecule has 0 radical (unpaired) electrons. The normalized spacial score (nSPS) is 20.1. The average Bonchev–Trinajstić information content (AvgIpc) is 2.73. The predicted octanol–water partition coefficient (Wildman–Crippen LogP) is 6.26. The summed E-state index contributed by atoms with van der Waals surface area (Å²) >= 11 is 0. The SMILES string of the molecule is CC1=C(C(=O)Nc2ccc(C)cc2)C(c2ccc(C(F)(F)F)cc2)C2=C(CC(C)(C)CC2=O)N1. The van der Waals surface area contributed by atoms with Gasteiger partial charge in [-0.2, -0.15) is 13.2 Å². The molecule has 34 heavy (non-hydrogen) atoms. The van der Waals surface area contributed by atoms with E-state index in [2.05, 4.69) is 10.6 Å². The second-order valence-corrected chi connectivity index (χ2v) is 9.87. The first-order chi connectivity index (χ1) is 15.9. The summed E-state index contributed by atoms with van der Waals surface area (Å²) in [6, 6.07) is 12.0. The number of benzene rings is 2. The molecule has 2 aromatic carbocycles. The van der Waals surface area contributed by atoms with Crippen LogP contribution in [0.25, 0.3) is 0 Å². The Hall–Kier alpha value is -3.35. The van der Waals surface area contributed by atoms with Crippen LogP contribution in [0.2, 0.25) is 0 Å². The van der Waals surface area contributed by atoms with Gasteiger partial charge in [-0.05, 0) is 55.5 Å². The number of hydrogen-bond donors (Lipinski definition) is 2. The standard InChI is InChI=1S/C27H27F3N2O2/c1-15-5-11-19(12-6-15)32-25(34)22-16(2)31-20-13-26(3,4)14-21(33)24(20)23(22)17-7-9-18(10-8-17)27(28,29)30/h5-12,23,31H,13-14H2,1-4H3,(H,32,34). The maximum atomic E-state index is 13.5. The molecule has 2 N–H and O–H groups in total. The zero-order chi connectivity index (χ0) is 24.8. The molecule has 1 heterocycles. The Balaban J connectivity index is 1.80. The van der Waals surface area contributed by atoms with E-state index in [9.17, 15) is 22.8 Å². The molecule has 2 aliphatic rings. The van der Waals surface area contributed by atoms with Crippen molar-refractivity contribution in [3.63, 3.8) is 0 Å². The van der Waals surface area contributed by atoms with E-state index >= 15 is 0 Å². The molecule has 0 spiro atoms. The van der Waals surface area contributed by atoms with Gasteiger partial charge in [-0.15, -0.1) is 0 Å². The second kappa shape index (κ2) is 8.46. The summed E-state index contributed by atoms with van der Waals surface area (Å²) in [5.41, 5.74) is 3.18. The smallest absolute Gasteiger partial charge is 0.362 e. The van der Waals surface area contributed by atoms with Crippen molar-refractivity contribution >= 4 is 17.4 Å². The van der Waals surface area contributed by atoms with Gasteiger partial charge >= 0.3 is 6.18 Å². The molecule has 1 atom stereocenters. The van der Waals surface area contributed by atoms with Crippen LogP contribution in [0.3, 0.4) is 0 Å². The van der Waals surface area contributed by atoms with Gasteiger partial charge in [0.15, 0.2) is 5.78 Å². The third kappa shape index (κ3) is 4.65. The van der Waals surface area contributed by atoms with Gasteiger partial charge in [0.2, 0.25) is 0 Å². The average molecular weight is 469 g/mol. The molecule has 0 saturated carbocycles. The minimum atomic E-state index is -4.47. The van der Waals surface area contributed by atoms with E-state index in [1.165, 1.54) is 12.1 Å². The van der Waals surface area contributed by atoms with Crippen molar-refractivity contribution in [3.05, 3.63) is 87.8 Å². The number of nitrogens with one attached hydrogen (secondary N) is 2. The number of allylic oxidation sites excluding steroid dienone is 3. The maximum absolute atomic E-state index is 13.5. The van der Waals surface area contributed by atoms with Crippen molar-refractivity contribution in [3.8, 4) is 0 Å². The number of aryl methyl sites for hydroxylation is 1. The van der Waals surface area contributed by atoms with Crippen LogP contribution in [0.5, 0.6) is 0 Å². The minimum absolute atomic E-state index is 0.100. The molecular weight excluding hydrogens is 441 g/mol. The van der Waals surface area contributed by atoms with E-state index < -0.39 is 23.6 Å². The highest BCUT2D eigenvalue weighted by Crippen LogP contribution is 2.47. The molecule has 0 saturated heterocycles. The van der Waals surface area contributed by atoms with E-state index in [-0.39, 0.29) is 11.2 Å². The van der Waals surface area contributed by atoms with E-state index in [0.29, 0.717) is 40.9 Å². The van der Waals surface area contributed by atoms with Gasteiger partial charge in [0, 0.05) is 40.6 Å². The Kier molecular flexibility index (Phi) is 5.92. The lowest BCUT2D eigenvalue weighted by molar-refractivity contribution is -0.137. The number of ketones is 1. The Morgan fingerprint density at radius 2 is 1.62 bits per heavy atom. The molecule has 4 nitrogen and oxygen atoms in total. The summed E-state index contributed by atoms with van der Waals surface area (Å²) in [6.07, 6.45) is -3.56. The maximum Gasteiger partial charge on any atom is 0.416 e. The lowest BCUT2D eigenvalue weighted by atomic mass is 9.68. The second-order valence-electron chi connectivity index (χ2n) is 9.87. The predicted molar refractivity (Wildman–Crippen MR) is 125 cm³/mol. The number of anilines is 1. The molecular formula is C27H27F3N2O2. The molecule has 2 aromatic rings. The molecule has 0 aromatic heterocycles. The zero-order valence-corrected chi connectivity index (χ0v) is 19.6. The lowest BCUT2D eigenvalue weighted by Crippen LogP contribution is -2.39. The van der Waals surface area contributed by atoms with Crippen LogP contribution in [0, 0.1) is 12.3 Å². The first kappa shape index (κ1) is 23.8. The molecule has 0 bridgehead atoms. The van der Waals surface area contributed by atoms with Gasteiger partial charge < -0.3 is 10.6 Å². The number of dihydropyridines is 1. The van der Waals surface area contributed by atoms with Crippen molar-refractivity contribution in [1.82, 2.24) is 5.32 Å². The van der Waals surface area contributed by atoms with Gasteiger partial charge in [-0.3, -0.25) is 9.59 Å². The van der Waals surface area contributed by atoms with Gasteiger partial charge in [-0.1, -0.05) is 43.7 Å². The third-order valence-corrected chi connectivity index (χ3v) is 6.37. The fourth-order valence-electron chi connectivity index (χ4n) is 4.77. The summed E-state index contributed by atoms with van der Waals surface area (Å²) in [5, 5.41) is 6.14. The molecule has 1 amide bonds. The highest BCUT2D eigenvalue weighted by molar-refractivity contribution is 6.09. The monoisotopic (exact) mass is 468 g/mol. The lowest BCUT2D eigenvalue weighted by Gasteiger charge is -2.39. The number of hydrogen-bond acceptors (Lipinski definition) is 3. The van der Waals surface area contributed by atoms with Crippen LogP contribution in [0.1, 0.15) is 56.2 Å². The number of carbonyl (C=O) groups is 2. The van der Waals surface area contributed by atoms with Crippen molar-refractivity contribution in [2.75, 3.05) is 5.32 Å². The largest absolute Gasteiger partial charge is 0.416 e. The topological polar surface area (TPSA) is 58.2 Å². The van der Waals surface area contributed by atoms with Crippen molar-refractivity contribution in [2.24, 2.45) is 5.41 Å². The van der Waals surface area contributed by atoms with Crippen LogP contribution >= 0.6 is 0 Å². The summed E-state index contributed by atoms with van der Waals surface area (Å²) in [6.45, 7) is 7.70. The fourth-order valence-corrected chi connectivity index (χ4v) is 4.77. The number of halogens is 3. The summed E-state index contributed by atoms with van der Waals surface area (Å²) in [4.78, 5) is 26.8. The minimum Gasteiger partial charge on any atom is -0.362 e. The number of amides is 1. The van der Waals surface area contributed by atoms with Gasteiger partial charge in [0.05, 0.1) is 5.56 Å². The number of alkyl halides is 3. The highest BCUT2D eigenvalue weighted by atomic mass is 19.4. The summed E-state index contributed by atoms with van der Waals surface area (Å²) in [7, 11) is 0. The fraction of sp³-hybridized carbons (Fsp3) is 0.333. The van der Waals surface area contributed by atoms with Crippen LogP contribution in [-0.2, 0) is 15.8 Å². The quantitative estimate of drug-likeness (QED) is 0.559. The van der Waals surface area contributed by atoms with E-state index in [4.69, 9.17) is 0 Å². The van der Waals surface area contributed by atoms with Crippen molar-refractivity contribution in [2.45, 2.75) is 52.6 Å². The van der Waals surface area contributed by atoms with Gasteiger partial charge in [0.25, 0.3) is 5.91 Å². The van der Waals surface area contributed by atoms with Gasteiger partial charge in [0.1, 0.15) is 0 Å². The van der Waals surface area contributed by atoms with Crippen LogP contribution < -0.4 is 10.6 Å². The summed E-state index contributed by atoms with van der Waals surface area (Å²) in [5.74, 6) is -1.26. The molecule has 1 aliphatic carbocycles. The highest BCUT2D eigenvalue weighted by Gasteiger charge is 2.43. The van der Waals surface area contributed by atoms with Crippen LogP contribution in [-0.4, -0.2) is 11.7 Å². The Morgan fingerprint density at radius 3 is 2.21 bits per heavy atom. The van der Waals surface area contributed by atoms with Crippen molar-refractivity contribution < 1.29 is 22.8 Å². The zero-order valence-electron chi connectivity index (χ0n) is 19.6. The van der Waals surface area contributed by atoms with E-state index in [1.54, 1.807) is 19.1 Å². The Labute approximate surface area is 196 Å². The van der Waals surface area contributed by atoms with E-state index in [1.807, 2.05) is 32.9 Å². The first-order valence-corrected chi connectivity index (χ1v) is 11.1. The van der Waals surface area contributed by atoms with Crippen molar-refractivity contribution in [1.29, 1.82) is 0 Å². The molecule has 4 rings (SSSR count). The molecule has 178 valence electrons. The Morgan fingerprint density at radius 1 is 1.00 bits per heavy atom. The molecule has 1 unspecified atom stereocenters. The molecule has 1 aliphatic heterocycles. The molecule has 0 fully saturated rings. The number of Topliss-reactive ketones (excluding diaryl/α,β-unsaturated/α-hetero) is 1. The van der Waals surface area contributed by atoms with Crippen LogP contribution in [0.15, 0.2) is 71.1 Å². The van der Waals surface area contributed by atoms with Crippen LogP contribution in [0.4, 0.5) is 18.9 Å². The number of carbonyl (C=O) groups excluding carboxylic acids is 2. The summed E-state index contributed by atoms with van der Waals surface area (Å²) < 4.78 is 39.5. The first-order valence-electron chi connectivity index (χ1n) is 11.1. The van der Waals surface area contributed by atoms with Gasteiger partial charge in [-0.25, -0.2) is 0 Å².